The summed E-state index contributed by atoms with van der Waals surface area (Å²) >= 11 is 4.98. The monoisotopic (exact) mass is 393 g/mol. The maximum atomic E-state index is 12.3. The smallest absolute Gasteiger partial charge is 0.336 e. The van der Waals surface area contributed by atoms with Gasteiger partial charge >= 0.3 is 5.97 Å². The van der Waals surface area contributed by atoms with Gasteiger partial charge in [0.15, 0.2) is 0 Å². The second-order valence-corrected chi connectivity index (χ2v) is 8.90. The number of rotatable bonds is 5. The van der Waals surface area contributed by atoms with E-state index >= 15 is 0 Å². The van der Waals surface area contributed by atoms with E-state index < -0.39 is 16.0 Å². The summed E-state index contributed by atoms with van der Waals surface area (Å²) in [4.78, 5) is 11.2. The molecule has 1 aromatic carbocycles. The average molecular weight is 394 g/mol. The van der Waals surface area contributed by atoms with Gasteiger partial charge < -0.3 is 5.11 Å². The molecule has 2 rings (SSSR count). The summed E-state index contributed by atoms with van der Waals surface area (Å²) in [5.41, 5.74) is 0.493. The lowest BCUT2D eigenvalue weighted by Crippen LogP contribution is -2.30. The third kappa shape index (κ3) is 4.00. The second-order valence-electron chi connectivity index (χ2n) is 4.87. The largest absolute Gasteiger partial charge is 0.478 e. The molecule has 1 fully saturated rings. The van der Waals surface area contributed by atoms with Gasteiger partial charge in [-0.05, 0) is 43.2 Å². The van der Waals surface area contributed by atoms with Crippen molar-refractivity contribution in [2.24, 2.45) is 0 Å². The number of carbonyl (C=O) groups is 1. The van der Waals surface area contributed by atoms with Crippen molar-refractivity contribution in [3.63, 3.8) is 0 Å². The van der Waals surface area contributed by atoms with Crippen molar-refractivity contribution in [3.05, 3.63) is 27.7 Å². The Morgan fingerprint density at radius 2 is 2.24 bits per heavy atom. The van der Waals surface area contributed by atoms with E-state index in [4.69, 9.17) is 5.11 Å². The SMILES string of the molecule is Cc1c(Br)cc(S(=O)(=O)NCC2CCCS2)cc1C(=O)O. The number of carboxylic acids is 1. The van der Waals surface area contributed by atoms with Gasteiger partial charge in [-0.1, -0.05) is 15.9 Å². The molecule has 1 heterocycles. The number of hydrogen-bond donors (Lipinski definition) is 2. The molecule has 1 aliphatic heterocycles. The summed E-state index contributed by atoms with van der Waals surface area (Å²) < 4.78 is 27.6. The Kier molecular flexibility index (Phi) is 5.34. The molecule has 0 spiro atoms. The van der Waals surface area contributed by atoms with E-state index in [1.165, 1.54) is 12.1 Å². The molecule has 2 N–H and O–H groups in total. The summed E-state index contributed by atoms with van der Waals surface area (Å²) in [6.07, 6.45) is 2.11. The van der Waals surface area contributed by atoms with Crippen molar-refractivity contribution in [3.8, 4) is 0 Å². The molecule has 1 aromatic rings. The zero-order chi connectivity index (χ0) is 15.6. The highest BCUT2D eigenvalue weighted by Gasteiger charge is 2.22. The third-order valence-corrected chi connectivity index (χ3v) is 7.01. The minimum atomic E-state index is -3.70. The van der Waals surface area contributed by atoms with Gasteiger partial charge in [0.2, 0.25) is 10.0 Å². The number of carboxylic acid groups (broad SMARTS) is 1. The van der Waals surface area contributed by atoms with Crippen LogP contribution in [0.4, 0.5) is 0 Å². The first kappa shape index (κ1) is 16.8. The van der Waals surface area contributed by atoms with Gasteiger partial charge in [0.25, 0.3) is 0 Å². The number of benzene rings is 1. The Bertz CT molecular complexity index is 654. The van der Waals surface area contributed by atoms with Crippen LogP contribution in [0, 0.1) is 6.92 Å². The van der Waals surface area contributed by atoms with Crippen LogP contribution in [0.2, 0.25) is 0 Å². The molecule has 0 aliphatic carbocycles. The van der Waals surface area contributed by atoms with Crippen LogP contribution in [0.15, 0.2) is 21.5 Å². The van der Waals surface area contributed by atoms with Crippen molar-refractivity contribution >= 4 is 43.7 Å². The Balaban J connectivity index is 2.24. The van der Waals surface area contributed by atoms with Crippen molar-refractivity contribution in [1.29, 1.82) is 0 Å². The Labute approximate surface area is 136 Å². The summed E-state index contributed by atoms with van der Waals surface area (Å²) in [5, 5.41) is 9.44. The molecule has 5 nitrogen and oxygen atoms in total. The molecular formula is C13H16BrNO4S2. The van der Waals surface area contributed by atoms with Gasteiger partial charge in [0.05, 0.1) is 10.5 Å². The molecule has 1 atom stereocenters. The van der Waals surface area contributed by atoms with Gasteiger partial charge in [0, 0.05) is 16.3 Å². The minimum absolute atomic E-state index is 0.0139. The molecule has 1 aliphatic rings. The first-order valence-corrected chi connectivity index (χ1v) is 9.78. The van der Waals surface area contributed by atoms with Crippen LogP contribution in [0.1, 0.15) is 28.8 Å². The highest BCUT2D eigenvalue weighted by atomic mass is 79.9. The van der Waals surface area contributed by atoms with E-state index in [0.717, 1.165) is 18.6 Å². The highest BCUT2D eigenvalue weighted by molar-refractivity contribution is 9.10. The predicted octanol–water partition coefficient (Wildman–Crippen LogP) is 2.63. The fourth-order valence-corrected chi connectivity index (χ4v) is 5.17. The molecular weight excluding hydrogens is 378 g/mol. The van der Waals surface area contributed by atoms with E-state index in [1.54, 1.807) is 18.7 Å². The minimum Gasteiger partial charge on any atom is -0.478 e. The van der Waals surface area contributed by atoms with Gasteiger partial charge in [-0.2, -0.15) is 11.8 Å². The summed E-state index contributed by atoms with van der Waals surface area (Å²) in [5.74, 6) is -0.0809. The first-order chi connectivity index (χ1) is 9.81. The summed E-state index contributed by atoms with van der Waals surface area (Å²) in [7, 11) is -3.70. The Morgan fingerprint density at radius 1 is 1.52 bits per heavy atom. The molecule has 1 unspecified atom stereocenters. The van der Waals surface area contributed by atoms with Crippen LogP contribution in [-0.2, 0) is 10.0 Å². The molecule has 0 saturated carbocycles. The predicted molar refractivity (Wildman–Crippen MR) is 86.5 cm³/mol. The normalized spacial score (nSPS) is 18.9. The van der Waals surface area contributed by atoms with Crippen molar-refractivity contribution in [2.45, 2.75) is 29.9 Å². The van der Waals surface area contributed by atoms with Crippen molar-refractivity contribution in [2.75, 3.05) is 12.3 Å². The molecule has 8 heteroatoms. The molecule has 0 aromatic heterocycles. The van der Waals surface area contributed by atoms with E-state index in [-0.39, 0.29) is 10.5 Å². The zero-order valence-corrected chi connectivity index (χ0v) is 14.6. The lowest BCUT2D eigenvalue weighted by atomic mass is 10.1. The quantitative estimate of drug-likeness (QED) is 0.802. The maximum Gasteiger partial charge on any atom is 0.336 e. The van der Waals surface area contributed by atoms with Crippen LogP contribution in [0.5, 0.6) is 0 Å². The number of sulfonamides is 1. The molecule has 0 radical (unpaired) electrons. The standard InChI is InChI=1S/C13H16BrNO4S2/c1-8-11(13(16)17)5-10(6-12(8)14)21(18,19)15-7-9-3-2-4-20-9/h5-6,9,15H,2-4,7H2,1H3,(H,16,17). The van der Waals surface area contributed by atoms with Gasteiger partial charge in [-0.15, -0.1) is 0 Å². The van der Waals surface area contributed by atoms with E-state index in [0.29, 0.717) is 21.8 Å². The number of halogens is 1. The number of nitrogens with one attached hydrogen (secondary N) is 1. The van der Waals surface area contributed by atoms with E-state index in [1.807, 2.05) is 0 Å². The van der Waals surface area contributed by atoms with E-state index in [2.05, 4.69) is 20.7 Å². The molecule has 0 bridgehead atoms. The lowest BCUT2D eigenvalue weighted by molar-refractivity contribution is 0.0695. The van der Waals surface area contributed by atoms with Crippen molar-refractivity contribution < 1.29 is 18.3 Å². The maximum absolute atomic E-state index is 12.3. The van der Waals surface area contributed by atoms with Crippen LogP contribution in [0.25, 0.3) is 0 Å². The topological polar surface area (TPSA) is 83.5 Å². The summed E-state index contributed by atoms with van der Waals surface area (Å²) in [6, 6.07) is 2.64. The molecule has 0 amide bonds. The molecule has 1 saturated heterocycles. The van der Waals surface area contributed by atoms with Crippen LogP contribution >= 0.6 is 27.7 Å². The second kappa shape index (κ2) is 6.68. The van der Waals surface area contributed by atoms with Crippen molar-refractivity contribution in [1.82, 2.24) is 4.72 Å². The Morgan fingerprint density at radius 3 is 2.81 bits per heavy atom. The average Bonchev–Trinajstić information content (AvgIpc) is 2.92. The van der Waals surface area contributed by atoms with Gasteiger partial charge in [-0.3, -0.25) is 0 Å². The number of hydrogen-bond acceptors (Lipinski definition) is 4. The highest BCUT2D eigenvalue weighted by Crippen LogP contribution is 2.27. The van der Waals surface area contributed by atoms with Gasteiger partial charge in [0.1, 0.15) is 0 Å². The third-order valence-electron chi connectivity index (χ3n) is 3.38. The number of thioether (sulfide) groups is 1. The first-order valence-electron chi connectivity index (χ1n) is 6.46. The number of aromatic carboxylic acids is 1. The molecule has 116 valence electrons. The summed E-state index contributed by atoms with van der Waals surface area (Å²) in [6.45, 7) is 2.01. The van der Waals surface area contributed by atoms with Crippen LogP contribution in [-0.4, -0.2) is 37.0 Å². The fraction of sp³-hybridized carbons (Fsp3) is 0.462. The fourth-order valence-electron chi connectivity index (χ4n) is 2.12. The Hall–Kier alpha value is -0.570. The van der Waals surface area contributed by atoms with Gasteiger partial charge in [-0.25, -0.2) is 17.9 Å². The van der Waals surface area contributed by atoms with E-state index in [9.17, 15) is 13.2 Å². The van der Waals surface area contributed by atoms with Crippen LogP contribution < -0.4 is 4.72 Å². The van der Waals surface area contributed by atoms with Crippen LogP contribution in [0.3, 0.4) is 0 Å². The molecule has 21 heavy (non-hydrogen) atoms. The lowest BCUT2D eigenvalue weighted by Gasteiger charge is -2.13. The zero-order valence-electron chi connectivity index (χ0n) is 11.4.